The molecule has 0 aliphatic rings. The first kappa shape index (κ1) is 20.1. The van der Waals surface area contributed by atoms with Crippen LogP contribution < -0.4 is 4.72 Å². The zero-order chi connectivity index (χ0) is 22.1. The molecule has 0 aliphatic carbocycles. The van der Waals surface area contributed by atoms with Crippen LogP contribution >= 0.6 is 11.6 Å². The highest BCUT2D eigenvalue weighted by Gasteiger charge is 2.16. The maximum atomic E-state index is 12.7. The summed E-state index contributed by atoms with van der Waals surface area (Å²) in [7, 11) is -3.79. The molecule has 3 heterocycles. The van der Waals surface area contributed by atoms with Crippen LogP contribution in [0.4, 0.5) is 5.69 Å². The van der Waals surface area contributed by atoms with E-state index in [2.05, 4.69) is 25.0 Å². The minimum atomic E-state index is -3.79. The van der Waals surface area contributed by atoms with Crippen LogP contribution in [0.5, 0.6) is 0 Å². The van der Waals surface area contributed by atoms with E-state index < -0.39 is 10.0 Å². The van der Waals surface area contributed by atoms with Gasteiger partial charge >= 0.3 is 0 Å². The highest BCUT2D eigenvalue weighted by atomic mass is 35.5. The Morgan fingerprint density at radius 3 is 2.53 bits per heavy atom. The van der Waals surface area contributed by atoms with Gasteiger partial charge in [-0.2, -0.15) is 9.61 Å². The van der Waals surface area contributed by atoms with Crippen LogP contribution in [-0.2, 0) is 10.0 Å². The Bertz CT molecular complexity index is 1540. The Balaban J connectivity index is 1.50. The maximum absolute atomic E-state index is 12.7. The highest BCUT2D eigenvalue weighted by Crippen LogP contribution is 2.25. The molecule has 158 valence electrons. The molecule has 2 aromatic carbocycles. The molecule has 1 N–H and O–H groups in total. The van der Waals surface area contributed by atoms with Gasteiger partial charge in [0.05, 0.1) is 10.6 Å². The summed E-state index contributed by atoms with van der Waals surface area (Å²) in [5.74, 6) is 0.514. The predicted molar refractivity (Wildman–Crippen MR) is 122 cm³/mol. The Kier molecular flexibility index (Phi) is 5.04. The molecule has 32 heavy (non-hydrogen) atoms. The smallest absolute Gasteiger partial charge is 0.261 e. The molecule has 0 bridgehead atoms. The van der Waals surface area contributed by atoms with Gasteiger partial charge < -0.3 is 0 Å². The second-order valence-corrected chi connectivity index (χ2v) is 8.99. The molecule has 0 saturated carbocycles. The van der Waals surface area contributed by atoms with E-state index in [1.54, 1.807) is 53.2 Å². The highest BCUT2D eigenvalue weighted by molar-refractivity contribution is 7.92. The Labute approximate surface area is 188 Å². The molecule has 0 atom stereocenters. The van der Waals surface area contributed by atoms with Gasteiger partial charge in [-0.3, -0.25) is 9.71 Å². The average Bonchev–Trinajstić information content (AvgIpc) is 3.23. The third-order valence-electron chi connectivity index (χ3n) is 4.67. The quantitative estimate of drug-likeness (QED) is 0.417. The van der Waals surface area contributed by atoms with Crippen molar-refractivity contribution in [1.29, 1.82) is 0 Å². The van der Waals surface area contributed by atoms with Gasteiger partial charge in [0.2, 0.25) is 5.82 Å². The number of hydrogen-bond acceptors (Lipinski definition) is 6. The van der Waals surface area contributed by atoms with Crippen LogP contribution in [0.25, 0.3) is 28.4 Å². The molecule has 5 aromatic rings. The van der Waals surface area contributed by atoms with E-state index in [4.69, 9.17) is 11.6 Å². The van der Waals surface area contributed by atoms with E-state index in [0.29, 0.717) is 33.6 Å². The molecule has 0 fully saturated rings. The number of fused-ring (bicyclic) bond motifs is 1. The number of sulfonamides is 1. The van der Waals surface area contributed by atoms with E-state index in [1.165, 1.54) is 12.1 Å². The van der Waals surface area contributed by atoms with Crippen molar-refractivity contribution in [3.63, 3.8) is 0 Å². The summed E-state index contributed by atoms with van der Waals surface area (Å²) in [5, 5.41) is 13.3. The number of benzene rings is 2. The standard InChI is InChI=1S/C22H15ClN6O2S/c23-16-6-4-8-18(14-16)32(30,31)28-17-7-3-5-15(13-17)19-10-11-21-25-26-22(29(21)27-19)20-9-1-2-12-24-20/h1-14,28H. The van der Waals surface area contributed by atoms with Crippen LogP contribution in [-0.4, -0.2) is 33.2 Å². The number of pyridine rings is 1. The van der Waals surface area contributed by atoms with E-state index in [-0.39, 0.29) is 4.90 Å². The van der Waals surface area contributed by atoms with E-state index in [0.717, 1.165) is 5.56 Å². The number of halogens is 1. The van der Waals surface area contributed by atoms with Crippen LogP contribution in [0.15, 0.2) is 90.0 Å². The van der Waals surface area contributed by atoms with Crippen molar-refractivity contribution in [2.45, 2.75) is 4.90 Å². The third kappa shape index (κ3) is 3.91. The molecular weight excluding hydrogens is 448 g/mol. The lowest BCUT2D eigenvalue weighted by atomic mass is 10.1. The molecule has 0 amide bonds. The van der Waals surface area contributed by atoms with Gasteiger partial charge in [0.15, 0.2) is 5.65 Å². The van der Waals surface area contributed by atoms with Gasteiger partial charge in [-0.1, -0.05) is 35.9 Å². The van der Waals surface area contributed by atoms with Gasteiger partial charge in [-0.05, 0) is 54.6 Å². The summed E-state index contributed by atoms with van der Waals surface area (Å²) in [6.07, 6.45) is 1.68. The van der Waals surface area contributed by atoms with E-state index in [1.807, 2.05) is 24.3 Å². The fourth-order valence-corrected chi connectivity index (χ4v) is 4.54. The SMILES string of the molecule is O=S(=O)(Nc1cccc(-c2ccc3nnc(-c4ccccn4)n3n2)c1)c1cccc(Cl)c1. The zero-order valence-electron chi connectivity index (χ0n) is 16.4. The predicted octanol–water partition coefficient (Wildman–Crippen LogP) is 4.31. The topological polar surface area (TPSA) is 102 Å². The van der Waals surface area contributed by atoms with Crippen LogP contribution in [0.1, 0.15) is 0 Å². The number of nitrogens with one attached hydrogen (secondary N) is 1. The van der Waals surface area contributed by atoms with Gasteiger partial charge in [0.1, 0.15) is 5.69 Å². The maximum Gasteiger partial charge on any atom is 0.261 e. The fraction of sp³-hybridized carbons (Fsp3) is 0. The number of hydrogen-bond donors (Lipinski definition) is 1. The molecule has 0 unspecified atom stereocenters. The van der Waals surface area contributed by atoms with Crippen molar-refractivity contribution in [2.75, 3.05) is 4.72 Å². The van der Waals surface area contributed by atoms with E-state index in [9.17, 15) is 8.42 Å². The summed E-state index contributed by atoms with van der Waals surface area (Å²) in [5.41, 5.74) is 2.97. The first-order valence-corrected chi connectivity index (χ1v) is 11.4. The fourth-order valence-electron chi connectivity index (χ4n) is 3.19. The van der Waals surface area contributed by atoms with Crippen LogP contribution in [0.2, 0.25) is 5.02 Å². The monoisotopic (exact) mass is 462 g/mol. The largest absolute Gasteiger partial charge is 0.280 e. The lowest BCUT2D eigenvalue weighted by Crippen LogP contribution is -2.12. The van der Waals surface area contributed by atoms with E-state index >= 15 is 0 Å². The lowest BCUT2D eigenvalue weighted by molar-refractivity contribution is 0.601. The first-order chi connectivity index (χ1) is 15.5. The summed E-state index contributed by atoms with van der Waals surface area (Å²) >= 11 is 5.94. The van der Waals surface area contributed by atoms with Crippen molar-refractivity contribution >= 4 is 33.0 Å². The molecule has 0 saturated heterocycles. The minimum Gasteiger partial charge on any atom is -0.280 e. The van der Waals surface area contributed by atoms with Gasteiger partial charge in [0, 0.05) is 22.5 Å². The van der Waals surface area contributed by atoms with Gasteiger partial charge in [-0.15, -0.1) is 10.2 Å². The number of aromatic nitrogens is 5. The van der Waals surface area contributed by atoms with Crippen molar-refractivity contribution in [1.82, 2.24) is 24.8 Å². The molecule has 8 nitrogen and oxygen atoms in total. The van der Waals surface area contributed by atoms with Crippen LogP contribution in [0.3, 0.4) is 0 Å². The molecule has 10 heteroatoms. The van der Waals surface area contributed by atoms with Crippen molar-refractivity contribution in [2.24, 2.45) is 0 Å². The Morgan fingerprint density at radius 1 is 0.844 bits per heavy atom. The molecule has 0 spiro atoms. The minimum absolute atomic E-state index is 0.0828. The lowest BCUT2D eigenvalue weighted by Gasteiger charge is -2.10. The van der Waals surface area contributed by atoms with Gasteiger partial charge in [0.25, 0.3) is 10.0 Å². The molecule has 0 aliphatic heterocycles. The average molecular weight is 463 g/mol. The second-order valence-electron chi connectivity index (χ2n) is 6.87. The summed E-state index contributed by atoms with van der Waals surface area (Å²) in [6.45, 7) is 0. The van der Waals surface area contributed by atoms with Crippen molar-refractivity contribution in [3.8, 4) is 22.8 Å². The third-order valence-corrected chi connectivity index (χ3v) is 6.29. The second kappa shape index (κ2) is 8.03. The molecular formula is C22H15ClN6O2S. The van der Waals surface area contributed by atoms with Gasteiger partial charge in [-0.25, -0.2) is 8.42 Å². The summed E-state index contributed by atoms with van der Waals surface area (Å²) in [6, 6.07) is 22.2. The summed E-state index contributed by atoms with van der Waals surface area (Å²) in [4.78, 5) is 4.40. The van der Waals surface area contributed by atoms with Crippen LogP contribution in [0, 0.1) is 0 Å². The van der Waals surface area contributed by atoms with Crippen molar-refractivity contribution in [3.05, 3.63) is 90.1 Å². The Morgan fingerprint density at radius 2 is 1.72 bits per heavy atom. The molecule has 3 aromatic heterocycles. The number of anilines is 1. The first-order valence-electron chi connectivity index (χ1n) is 9.52. The molecule has 5 rings (SSSR count). The molecule has 0 radical (unpaired) electrons. The van der Waals surface area contributed by atoms with Crippen molar-refractivity contribution < 1.29 is 8.42 Å². The zero-order valence-corrected chi connectivity index (χ0v) is 18.0. The Hall–Kier alpha value is -3.82. The number of nitrogens with zero attached hydrogens (tertiary/aromatic N) is 5. The number of rotatable bonds is 5. The normalized spacial score (nSPS) is 11.5. The summed E-state index contributed by atoms with van der Waals surface area (Å²) < 4.78 is 29.7.